The van der Waals surface area contributed by atoms with Gasteiger partial charge in [0.15, 0.2) is 0 Å². The molecule has 0 fully saturated rings. The monoisotopic (exact) mass is 279 g/mol. The van der Waals surface area contributed by atoms with Gasteiger partial charge in [0.25, 0.3) is 0 Å². The topological polar surface area (TPSA) is 25.2 Å². The molecule has 0 aliphatic heterocycles. The first-order valence-electron chi connectivity index (χ1n) is 6.70. The second kappa shape index (κ2) is 5.75. The third-order valence-corrected chi connectivity index (χ3v) is 3.41. The zero-order valence-electron chi connectivity index (χ0n) is 12.2. The number of hydrogen-bond donors (Lipinski definition) is 1. The van der Waals surface area contributed by atoms with Gasteiger partial charge in [0, 0.05) is 11.1 Å². The Balaban J connectivity index is 2.60. The lowest BCUT2D eigenvalue weighted by molar-refractivity contribution is 0.481. The van der Waals surface area contributed by atoms with Crippen molar-refractivity contribution in [1.29, 1.82) is 0 Å². The number of hydrogen-bond acceptors (Lipinski definition) is 2. The van der Waals surface area contributed by atoms with Crippen molar-refractivity contribution in [2.24, 2.45) is 0 Å². The van der Waals surface area contributed by atoms with E-state index in [2.05, 4.69) is 5.32 Å². The third-order valence-electron chi connectivity index (χ3n) is 3.41. The number of nitrogens with one attached hydrogen (secondary N) is 1. The van der Waals surface area contributed by atoms with Crippen LogP contribution >= 0.6 is 0 Å². The van der Waals surface area contributed by atoms with Gasteiger partial charge >= 0.3 is 0 Å². The van der Waals surface area contributed by atoms with Crippen molar-refractivity contribution in [3.05, 3.63) is 58.0 Å². The zero-order valence-corrected chi connectivity index (χ0v) is 12.2. The summed E-state index contributed by atoms with van der Waals surface area (Å²) >= 11 is 0. The van der Waals surface area contributed by atoms with E-state index in [0.717, 1.165) is 11.3 Å². The van der Waals surface area contributed by atoms with Crippen molar-refractivity contribution in [2.45, 2.75) is 33.7 Å². The smallest absolute Gasteiger partial charge is 0.134 e. The van der Waals surface area contributed by atoms with Gasteiger partial charge in [-0.2, -0.15) is 0 Å². The van der Waals surface area contributed by atoms with E-state index in [1.807, 2.05) is 19.9 Å². The van der Waals surface area contributed by atoms with Crippen molar-refractivity contribution in [3.8, 4) is 0 Å². The average Bonchev–Trinajstić information content (AvgIpc) is 2.72. The summed E-state index contributed by atoms with van der Waals surface area (Å²) in [5.41, 5.74) is 1.26. The molecule has 0 spiro atoms. The Bertz CT molecular complexity index is 619. The molecule has 1 atom stereocenters. The molecule has 20 heavy (non-hydrogen) atoms. The molecule has 2 nitrogen and oxygen atoms in total. The molecule has 0 saturated carbocycles. The maximum absolute atomic E-state index is 14.3. The summed E-state index contributed by atoms with van der Waals surface area (Å²) in [6.45, 7) is 7.76. The fourth-order valence-electron chi connectivity index (χ4n) is 2.45. The van der Waals surface area contributed by atoms with Crippen LogP contribution in [0.4, 0.5) is 8.78 Å². The average molecular weight is 279 g/mol. The van der Waals surface area contributed by atoms with Gasteiger partial charge in [0.05, 0.1) is 6.04 Å². The van der Waals surface area contributed by atoms with Crippen LogP contribution in [0.1, 0.15) is 41.2 Å². The number of furan rings is 1. The lowest BCUT2D eigenvalue weighted by atomic mass is 9.96. The summed E-state index contributed by atoms with van der Waals surface area (Å²) in [5.74, 6) is 0.356. The SMILES string of the molecule is CCNC(c1cc(C)oc1C)c1c(F)ccc(C)c1F. The van der Waals surface area contributed by atoms with Gasteiger partial charge in [-0.05, 0) is 45.0 Å². The number of aryl methyl sites for hydroxylation is 3. The van der Waals surface area contributed by atoms with E-state index < -0.39 is 17.7 Å². The standard InChI is InChI=1S/C16H19F2NO/c1-5-19-16(12-8-10(3)20-11(12)4)14-13(17)7-6-9(2)15(14)18/h6-8,16,19H,5H2,1-4H3. The summed E-state index contributed by atoms with van der Waals surface area (Å²) < 4.78 is 34.0. The fraction of sp³-hybridized carbons (Fsp3) is 0.375. The van der Waals surface area contributed by atoms with Gasteiger partial charge < -0.3 is 9.73 Å². The van der Waals surface area contributed by atoms with E-state index in [1.54, 1.807) is 13.8 Å². The predicted octanol–water partition coefficient (Wildman–Crippen LogP) is 4.18. The van der Waals surface area contributed by atoms with Crippen LogP contribution in [0.5, 0.6) is 0 Å². The van der Waals surface area contributed by atoms with E-state index in [-0.39, 0.29) is 5.56 Å². The number of halogens is 2. The lowest BCUT2D eigenvalue weighted by Crippen LogP contribution is -2.24. The highest BCUT2D eigenvalue weighted by Gasteiger charge is 2.25. The van der Waals surface area contributed by atoms with Gasteiger partial charge in [0.1, 0.15) is 23.2 Å². The van der Waals surface area contributed by atoms with Crippen LogP contribution in [0.3, 0.4) is 0 Å². The maximum atomic E-state index is 14.3. The molecule has 1 heterocycles. The molecule has 2 aromatic rings. The Kier molecular flexibility index (Phi) is 4.23. The summed E-state index contributed by atoms with van der Waals surface area (Å²) in [6.07, 6.45) is 0. The van der Waals surface area contributed by atoms with Gasteiger partial charge in [-0.15, -0.1) is 0 Å². The Morgan fingerprint density at radius 3 is 2.45 bits per heavy atom. The van der Waals surface area contributed by atoms with E-state index in [9.17, 15) is 8.78 Å². The van der Waals surface area contributed by atoms with Gasteiger partial charge in [-0.1, -0.05) is 13.0 Å². The Hall–Kier alpha value is -1.68. The minimum atomic E-state index is -0.544. The van der Waals surface area contributed by atoms with E-state index in [1.165, 1.54) is 12.1 Å². The molecule has 4 heteroatoms. The first-order chi connectivity index (χ1) is 9.45. The fourth-order valence-corrected chi connectivity index (χ4v) is 2.45. The van der Waals surface area contributed by atoms with E-state index in [0.29, 0.717) is 17.9 Å². The van der Waals surface area contributed by atoms with Crippen LogP contribution in [0.2, 0.25) is 0 Å². The molecule has 0 saturated heterocycles. The van der Waals surface area contributed by atoms with Crippen LogP contribution in [-0.2, 0) is 0 Å². The van der Waals surface area contributed by atoms with Crippen molar-refractivity contribution < 1.29 is 13.2 Å². The van der Waals surface area contributed by atoms with Crippen molar-refractivity contribution in [2.75, 3.05) is 6.54 Å². The molecule has 0 amide bonds. The summed E-state index contributed by atoms with van der Waals surface area (Å²) in [4.78, 5) is 0. The van der Waals surface area contributed by atoms with Crippen molar-refractivity contribution in [3.63, 3.8) is 0 Å². The second-order valence-electron chi connectivity index (χ2n) is 4.95. The van der Waals surface area contributed by atoms with Crippen LogP contribution in [0, 0.1) is 32.4 Å². The Morgan fingerprint density at radius 2 is 1.90 bits per heavy atom. The molecule has 0 aliphatic rings. The highest BCUT2D eigenvalue weighted by atomic mass is 19.1. The molecular formula is C16H19F2NO. The molecule has 1 unspecified atom stereocenters. The van der Waals surface area contributed by atoms with Crippen LogP contribution in [0.25, 0.3) is 0 Å². The number of rotatable bonds is 4. The molecule has 0 aliphatic carbocycles. The highest BCUT2D eigenvalue weighted by molar-refractivity contribution is 5.38. The maximum Gasteiger partial charge on any atom is 0.134 e. The summed E-state index contributed by atoms with van der Waals surface area (Å²) in [6, 6.07) is 4.03. The highest BCUT2D eigenvalue weighted by Crippen LogP contribution is 2.31. The zero-order chi connectivity index (χ0) is 14.9. The van der Waals surface area contributed by atoms with Crippen molar-refractivity contribution in [1.82, 2.24) is 5.32 Å². The third kappa shape index (κ3) is 2.61. The Labute approximate surface area is 117 Å². The molecule has 1 aromatic heterocycles. The largest absolute Gasteiger partial charge is 0.466 e. The molecule has 1 aromatic carbocycles. The van der Waals surface area contributed by atoms with Crippen LogP contribution in [0.15, 0.2) is 22.6 Å². The lowest BCUT2D eigenvalue weighted by Gasteiger charge is -2.20. The van der Waals surface area contributed by atoms with Gasteiger partial charge in [-0.25, -0.2) is 8.78 Å². The first-order valence-corrected chi connectivity index (χ1v) is 6.70. The first kappa shape index (κ1) is 14.7. The molecular weight excluding hydrogens is 260 g/mol. The van der Waals surface area contributed by atoms with Gasteiger partial charge in [-0.3, -0.25) is 0 Å². The second-order valence-corrected chi connectivity index (χ2v) is 4.95. The summed E-state index contributed by atoms with van der Waals surface area (Å²) in [7, 11) is 0. The minimum Gasteiger partial charge on any atom is -0.466 e. The number of benzene rings is 1. The molecule has 2 rings (SSSR count). The Morgan fingerprint density at radius 1 is 1.20 bits per heavy atom. The molecule has 0 radical (unpaired) electrons. The van der Waals surface area contributed by atoms with Crippen LogP contribution < -0.4 is 5.32 Å². The van der Waals surface area contributed by atoms with E-state index in [4.69, 9.17) is 4.42 Å². The minimum absolute atomic E-state index is 0.0516. The van der Waals surface area contributed by atoms with Crippen molar-refractivity contribution >= 4 is 0 Å². The van der Waals surface area contributed by atoms with Crippen LogP contribution in [-0.4, -0.2) is 6.54 Å². The summed E-state index contributed by atoms with van der Waals surface area (Å²) in [5, 5.41) is 3.14. The molecule has 0 bridgehead atoms. The van der Waals surface area contributed by atoms with E-state index >= 15 is 0 Å². The normalized spacial score (nSPS) is 12.7. The molecule has 108 valence electrons. The quantitative estimate of drug-likeness (QED) is 0.908. The molecule has 1 N–H and O–H groups in total. The van der Waals surface area contributed by atoms with Gasteiger partial charge in [0.2, 0.25) is 0 Å². The predicted molar refractivity (Wildman–Crippen MR) is 74.8 cm³/mol.